The lowest BCUT2D eigenvalue weighted by atomic mass is 9.84. The number of rotatable bonds is 5. The van der Waals surface area contributed by atoms with Crippen LogP contribution in [0.5, 0.6) is 0 Å². The molecule has 0 aliphatic heterocycles. The van der Waals surface area contributed by atoms with Crippen molar-refractivity contribution in [2.75, 3.05) is 0 Å². The number of thiophene rings is 1. The van der Waals surface area contributed by atoms with Crippen molar-refractivity contribution >= 4 is 11.3 Å². The molecule has 3 rings (SSSR count). The molecule has 2 aromatic carbocycles. The highest BCUT2D eigenvalue weighted by atomic mass is 32.1. The molecule has 0 spiro atoms. The van der Waals surface area contributed by atoms with Gasteiger partial charge in [0.2, 0.25) is 0 Å². The van der Waals surface area contributed by atoms with Crippen LogP contribution in [0.3, 0.4) is 0 Å². The Morgan fingerprint density at radius 1 is 0.762 bits per heavy atom. The maximum absolute atomic E-state index is 5.90. The number of nitrogens with two attached hydrogens (primary N) is 1. The van der Waals surface area contributed by atoms with E-state index < -0.39 is 0 Å². The van der Waals surface area contributed by atoms with Crippen molar-refractivity contribution in [2.24, 2.45) is 5.84 Å². The minimum absolute atomic E-state index is 0.0646. The molecule has 1 unspecified atom stereocenters. The third kappa shape index (κ3) is 3.05. The SMILES string of the molecule is NNC(c1cccs1)C(c1ccccc1)c1ccccc1. The first-order chi connectivity index (χ1) is 10.4. The normalized spacial score (nSPS) is 12.5. The number of benzene rings is 2. The molecule has 0 fully saturated rings. The van der Waals surface area contributed by atoms with E-state index in [2.05, 4.69) is 71.5 Å². The summed E-state index contributed by atoms with van der Waals surface area (Å²) >= 11 is 1.73. The highest BCUT2D eigenvalue weighted by molar-refractivity contribution is 7.10. The minimum atomic E-state index is 0.0646. The van der Waals surface area contributed by atoms with Crippen LogP contribution in [-0.4, -0.2) is 0 Å². The summed E-state index contributed by atoms with van der Waals surface area (Å²) in [5.41, 5.74) is 5.54. The maximum atomic E-state index is 5.90. The fourth-order valence-corrected chi connectivity index (χ4v) is 3.53. The maximum Gasteiger partial charge on any atom is 0.0662 e. The largest absolute Gasteiger partial charge is 0.271 e. The zero-order chi connectivity index (χ0) is 14.5. The molecule has 1 atom stereocenters. The third-order valence-electron chi connectivity index (χ3n) is 3.68. The quantitative estimate of drug-likeness (QED) is 0.549. The number of hydrogen-bond acceptors (Lipinski definition) is 3. The molecule has 3 aromatic rings. The van der Waals surface area contributed by atoms with Crippen molar-refractivity contribution < 1.29 is 0 Å². The van der Waals surface area contributed by atoms with Gasteiger partial charge >= 0.3 is 0 Å². The van der Waals surface area contributed by atoms with Gasteiger partial charge in [0.25, 0.3) is 0 Å². The molecule has 0 amide bonds. The Hall–Kier alpha value is -1.94. The number of hydrazine groups is 1. The summed E-state index contributed by atoms with van der Waals surface area (Å²) < 4.78 is 0. The van der Waals surface area contributed by atoms with Gasteiger partial charge in [0, 0.05) is 10.8 Å². The molecule has 106 valence electrons. The fraction of sp³-hybridized carbons (Fsp3) is 0.111. The van der Waals surface area contributed by atoms with Crippen LogP contribution >= 0.6 is 11.3 Å². The molecule has 0 aliphatic carbocycles. The standard InChI is InChI=1S/C18H18N2S/c19-20-18(16-12-7-13-21-16)17(14-8-3-1-4-9-14)15-10-5-2-6-11-15/h1-13,17-18,20H,19H2. The topological polar surface area (TPSA) is 38.0 Å². The Bertz CT molecular complexity index is 611. The molecule has 0 saturated heterocycles. The van der Waals surface area contributed by atoms with Crippen molar-refractivity contribution in [1.82, 2.24) is 5.43 Å². The lowest BCUT2D eigenvalue weighted by molar-refractivity contribution is 0.507. The van der Waals surface area contributed by atoms with E-state index in [4.69, 9.17) is 5.84 Å². The Labute approximate surface area is 129 Å². The van der Waals surface area contributed by atoms with Crippen molar-refractivity contribution in [3.8, 4) is 0 Å². The molecule has 1 aromatic heterocycles. The van der Waals surface area contributed by atoms with Gasteiger partial charge in [-0.25, -0.2) is 0 Å². The summed E-state index contributed by atoms with van der Waals surface area (Å²) in [7, 11) is 0. The summed E-state index contributed by atoms with van der Waals surface area (Å²) in [5.74, 6) is 6.09. The molecular formula is C18H18N2S. The van der Waals surface area contributed by atoms with E-state index in [0.717, 1.165) is 0 Å². The van der Waals surface area contributed by atoms with Crippen LogP contribution in [0.2, 0.25) is 0 Å². The molecule has 0 aliphatic rings. The lowest BCUT2D eigenvalue weighted by Crippen LogP contribution is -2.32. The van der Waals surface area contributed by atoms with Crippen LogP contribution in [0.25, 0.3) is 0 Å². The summed E-state index contributed by atoms with van der Waals surface area (Å²) in [6, 6.07) is 25.3. The Balaban J connectivity index is 2.08. The second-order valence-corrected chi connectivity index (χ2v) is 5.94. The van der Waals surface area contributed by atoms with Crippen LogP contribution in [0.15, 0.2) is 78.2 Å². The van der Waals surface area contributed by atoms with Crippen LogP contribution in [0.4, 0.5) is 0 Å². The van der Waals surface area contributed by atoms with Gasteiger partial charge in [-0.15, -0.1) is 11.3 Å². The van der Waals surface area contributed by atoms with Crippen LogP contribution < -0.4 is 11.3 Å². The smallest absolute Gasteiger partial charge is 0.0662 e. The van der Waals surface area contributed by atoms with Gasteiger partial charge in [-0.2, -0.15) is 0 Å². The van der Waals surface area contributed by atoms with Crippen LogP contribution in [-0.2, 0) is 0 Å². The summed E-state index contributed by atoms with van der Waals surface area (Å²) in [4.78, 5) is 1.25. The van der Waals surface area contributed by atoms with Crippen LogP contribution in [0, 0.1) is 0 Å². The molecule has 0 radical (unpaired) electrons. The zero-order valence-corrected chi connectivity index (χ0v) is 12.5. The fourth-order valence-electron chi connectivity index (χ4n) is 2.71. The van der Waals surface area contributed by atoms with Gasteiger partial charge < -0.3 is 0 Å². The van der Waals surface area contributed by atoms with Gasteiger partial charge in [-0.05, 0) is 22.6 Å². The molecule has 2 nitrogen and oxygen atoms in total. The van der Waals surface area contributed by atoms with Gasteiger partial charge in [0.15, 0.2) is 0 Å². The Kier molecular flexibility index (Phi) is 4.46. The van der Waals surface area contributed by atoms with E-state index in [-0.39, 0.29) is 12.0 Å². The van der Waals surface area contributed by atoms with Gasteiger partial charge in [-0.3, -0.25) is 11.3 Å². The molecular weight excluding hydrogens is 276 g/mol. The highest BCUT2D eigenvalue weighted by Crippen LogP contribution is 2.37. The average molecular weight is 294 g/mol. The predicted molar refractivity (Wildman–Crippen MR) is 89.1 cm³/mol. The van der Waals surface area contributed by atoms with E-state index in [9.17, 15) is 0 Å². The van der Waals surface area contributed by atoms with Gasteiger partial charge in [0.05, 0.1) is 6.04 Å². The first kappa shape index (κ1) is 14.0. The zero-order valence-electron chi connectivity index (χ0n) is 11.6. The van der Waals surface area contributed by atoms with E-state index in [1.807, 2.05) is 12.1 Å². The van der Waals surface area contributed by atoms with E-state index >= 15 is 0 Å². The Morgan fingerprint density at radius 2 is 1.33 bits per heavy atom. The van der Waals surface area contributed by atoms with Gasteiger partial charge in [-0.1, -0.05) is 66.7 Å². The molecule has 1 heterocycles. The Morgan fingerprint density at radius 3 is 1.76 bits per heavy atom. The summed E-state index contributed by atoms with van der Waals surface area (Å²) in [6.45, 7) is 0. The molecule has 21 heavy (non-hydrogen) atoms. The minimum Gasteiger partial charge on any atom is -0.271 e. The first-order valence-electron chi connectivity index (χ1n) is 6.99. The monoisotopic (exact) mass is 294 g/mol. The van der Waals surface area contributed by atoms with Gasteiger partial charge in [0.1, 0.15) is 0 Å². The van der Waals surface area contributed by atoms with Crippen molar-refractivity contribution in [3.63, 3.8) is 0 Å². The molecule has 3 heteroatoms. The van der Waals surface area contributed by atoms with E-state index in [0.29, 0.717) is 0 Å². The second kappa shape index (κ2) is 6.68. The summed E-state index contributed by atoms with van der Waals surface area (Å²) in [5, 5.41) is 2.09. The average Bonchev–Trinajstić information content (AvgIpc) is 3.08. The van der Waals surface area contributed by atoms with Crippen LogP contribution in [0.1, 0.15) is 28.0 Å². The number of hydrogen-bond donors (Lipinski definition) is 2. The van der Waals surface area contributed by atoms with E-state index in [1.54, 1.807) is 11.3 Å². The molecule has 3 N–H and O–H groups in total. The molecule has 0 saturated carbocycles. The number of nitrogens with one attached hydrogen (secondary N) is 1. The third-order valence-corrected chi connectivity index (χ3v) is 4.64. The van der Waals surface area contributed by atoms with E-state index in [1.165, 1.54) is 16.0 Å². The predicted octanol–water partition coefficient (Wildman–Crippen LogP) is 4.08. The first-order valence-corrected chi connectivity index (χ1v) is 7.87. The molecule has 0 bridgehead atoms. The lowest BCUT2D eigenvalue weighted by Gasteiger charge is -2.27. The van der Waals surface area contributed by atoms with Crippen molar-refractivity contribution in [1.29, 1.82) is 0 Å². The summed E-state index contributed by atoms with van der Waals surface area (Å²) in [6.07, 6.45) is 0. The van der Waals surface area contributed by atoms with Crippen molar-refractivity contribution in [3.05, 3.63) is 94.2 Å². The van der Waals surface area contributed by atoms with Crippen molar-refractivity contribution in [2.45, 2.75) is 12.0 Å². The highest BCUT2D eigenvalue weighted by Gasteiger charge is 2.26. The second-order valence-electron chi connectivity index (χ2n) is 4.96.